The van der Waals surface area contributed by atoms with Gasteiger partial charge in [-0.15, -0.1) is 0 Å². The van der Waals surface area contributed by atoms with Gasteiger partial charge in [-0.1, -0.05) is 71.2 Å². The van der Waals surface area contributed by atoms with E-state index >= 15 is 0 Å². The first-order valence-electron chi connectivity index (χ1n) is 9.55. The van der Waals surface area contributed by atoms with E-state index < -0.39 is 0 Å². The lowest BCUT2D eigenvalue weighted by atomic mass is 10.1. The number of benzene rings is 3. The number of halogens is 3. The number of nitrogens with zero attached hydrogens (tertiary/aromatic N) is 2. The third-order valence-corrected chi connectivity index (χ3v) is 6.06. The lowest BCUT2D eigenvalue weighted by molar-refractivity contribution is 0.748. The fourth-order valence-corrected chi connectivity index (χ4v) is 4.32. The molecule has 152 valence electrons. The second kappa shape index (κ2) is 9.13. The van der Waals surface area contributed by atoms with Crippen molar-refractivity contribution in [2.45, 2.75) is 20.0 Å². The molecule has 1 aromatic heterocycles. The molecule has 0 bridgehead atoms. The lowest BCUT2D eigenvalue weighted by Gasteiger charge is -2.09. The van der Waals surface area contributed by atoms with Crippen LogP contribution in [0.4, 0.5) is 0 Å². The summed E-state index contributed by atoms with van der Waals surface area (Å²) in [5.41, 5.74) is 8.42. The van der Waals surface area contributed by atoms with Crippen LogP contribution in [0.15, 0.2) is 71.8 Å². The van der Waals surface area contributed by atoms with Gasteiger partial charge in [-0.3, -0.25) is 0 Å². The van der Waals surface area contributed by atoms with Crippen molar-refractivity contribution in [3.05, 3.63) is 104 Å². The third-order valence-electron chi connectivity index (χ3n) is 5.11. The number of fused-ring (bicyclic) bond motifs is 1. The zero-order valence-electron chi connectivity index (χ0n) is 16.4. The average Bonchev–Trinajstić information content (AvgIpc) is 2.99. The molecule has 0 aliphatic rings. The Bertz CT molecular complexity index is 1210. The van der Waals surface area contributed by atoms with Gasteiger partial charge in [0.15, 0.2) is 0 Å². The number of hydrogen-bond donors (Lipinski definition) is 1. The Morgan fingerprint density at radius 3 is 2.43 bits per heavy atom. The number of hydrogen-bond acceptors (Lipinski definition) is 2. The summed E-state index contributed by atoms with van der Waals surface area (Å²) in [5.74, 6) is 0. The topological polar surface area (TPSA) is 29.3 Å². The minimum absolute atomic E-state index is 0.454. The zero-order valence-corrected chi connectivity index (χ0v) is 18.6. The van der Waals surface area contributed by atoms with Gasteiger partial charge in [-0.25, -0.2) is 0 Å². The van der Waals surface area contributed by atoms with E-state index in [2.05, 4.69) is 46.3 Å². The van der Waals surface area contributed by atoms with Gasteiger partial charge in [0.2, 0.25) is 0 Å². The maximum Gasteiger partial charge on any atom is 0.0609 e. The van der Waals surface area contributed by atoms with Crippen LogP contribution >= 0.6 is 34.8 Å². The number of aromatic nitrogens is 1. The lowest BCUT2D eigenvalue weighted by Crippen LogP contribution is -2.07. The van der Waals surface area contributed by atoms with Crippen LogP contribution in [0, 0.1) is 6.92 Å². The van der Waals surface area contributed by atoms with Gasteiger partial charge >= 0.3 is 0 Å². The van der Waals surface area contributed by atoms with Crippen molar-refractivity contribution < 1.29 is 0 Å². The fourth-order valence-electron chi connectivity index (χ4n) is 3.58. The SMILES string of the molecule is Cc1c(/C=N/NCc2c(Cl)cccc2Cl)c2ccccc2n1Cc1cccc(Cl)c1. The molecule has 0 radical (unpaired) electrons. The highest BCUT2D eigenvalue weighted by atomic mass is 35.5. The molecule has 0 spiro atoms. The Balaban J connectivity index is 1.61. The first-order valence-corrected chi connectivity index (χ1v) is 10.7. The van der Waals surface area contributed by atoms with Gasteiger partial charge in [0.05, 0.1) is 12.8 Å². The second-order valence-corrected chi connectivity index (χ2v) is 8.28. The maximum absolute atomic E-state index is 6.23. The summed E-state index contributed by atoms with van der Waals surface area (Å²) in [4.78, 5) is 0. The Labute approximate surface area is 190 Å². The monoisotopic (exact) mass is 455 g/mol. The minimum Gasteiger partial charge on any atom is -0.340 e. The summed E-state index contributed by atoms with van der Waals surface area (Å²) in [7, 11) is 0. The third kappa shape index (κ3) is 4.34. The molecule has 1 heterocycles. The number of para-hydroxylation sites is 1. The molecule has 0 saturated carbocycles. The van der Waals surface area contributed by atoms with E-state index in [1.165, 1.54) is 0 Å². The molecule has 0 aliphatic carbocycles. The molecule has 6 heteroatoms. The fraction of sp³-hybridized carbons (Fsp3) is 0.125. The van der Waals surface area contributed by atoms with Gasteiger partial charge < -0.3 is 9.99 Å². The van der Waals surface area contributed by atoms with Crippen molar-refractivity contribution in [2.75, 3.05) is 0 Å². The second-order valence-electron chi connectivity index (χ2n) is 7.03. The highest BCUT2D eigenvalue weighted by molar-refractivity contribution is 6.36. The minimum atomic E-state index is 0.454. The van der Waals surface area contributed by atoms with Crippen LogP contribution in [0.5, 0.6) is 0 Å². The summed E-state index contributed by atoms with van der Waals surface area (Å²) in [6.07, 6.45) is 1.86. The van der Waals surface area contributed by atoms with Crippen molar-refractivity contribution in [3.8, 4) is 0 Å². The van der Waals surface area contributed by atoms with Gasteiger partial charge in [0, 0.05) is 49.3 Å². The molecule has 4 rings (SSSR count). The van der Waals surface area contributed by atoms with Crippen molar-refractivity contribution in [2.24, 2.45) is 5.10 Å². The normalized spacial score (nSPS) is 11.5. The molecule has 4 aromatic rings. The summed E-state index contributed by atoms with van der Waals surface area (Å²) in [6.45, 7) is 3.30. The highest BCUT2D eigenvalue weighted by Crippen LogP contribution is 2.26. The average molecular weight is 457 g/mol. The van der Waals surface area contributed by atoms with Crippen LogP contribution in [-0.2, 0) is 13.1 Å². The molecule has 0 atom stereocenters. The molecule has 0 fully saturated rings. The van der Waals surface area contributed by atoms with Crippen molar-refractivity contribution in [1.29, 1.82) is 0 Å². The maximum atomic E-state index is 6.23. The Morgan fingerprint density at radius 1 is 0.933 bits per heavy atom. The molecule has 1 N–H and O–H groups in total. The molecule has 3 aromatic carbocycles. The van der Waals surface area contributed by atoms with E-state index in [1.807, 2.05) is 48.7 Å². The molecule has 0 amide bonds. The summed E-state index contributed by atoms with van der Waals surface area (Å²) in [5, 5.41) is 7.58. The summed E-state index contributed by atoms with van der Waals surface area (Å²) >= 11 is 18.6. The van der Waals surface area contributed by atoms with E-state index in [0.29, 0.717) is 16.6 Å². The van der Waals surface area contributed by atoms with Crippen LogP contribution in [-0.4, -0.2) is 10.8 Å². The predicted octanol–water partition coefficient (Wildman–Crippen LogP) is 7.08. The van der Waals surface area contributed by atoms with Crippen LogP contribution in [0.3, 0.4) is 0 Å². The Hall–Kier alpha value is -2.46. The van der Waals surface area contributed by atoms with E-state index in [4.69, 9.17) is 34.8 Å². The quantitative estimate of drug-likeness (QED) is 0.244. The molecule has 3 nitrogen and oxygen atoms in total. The Kier molecular flexibility index (Phi) is 6.33. The van der Waals surface area contributed by atoms with Crippen molar-refractivity contribution in [3.63, 3.8) is 0 Å². The molecular weight excluding hydrogens is 437 g/mol. The van der Waals surface area contributed by atoms with E-state index in [1.54, 1.807) is 0 Å². The number of nitrogens with one attached hydrogen (secondary N) is 1. The van der Waals surface area contributed by atoms with Crippen molar-refractivity contribution >= 4 is 51.9 Å². The highest BCUT2D eigenvalue weighted by Gasteiger charge is 2.13. The van der Waals surface area contributed by atoms with Crippen LogP contribution in [0.25, 0.3) is 10.9 Å². The van der Waals surface area contributed by atoms with E-state index in [-0.39, 0.29) is 0 Å². The van der Waals surface area contributed by atoms with Gasteiger partial charge in [0.1, 0.15) is 0 Å². The Morgan fingerprint density at radius 2 is 1.67 bits per heavy atom. The predicted molar refractivity (Wildman–Crippen MR) is 128 cm³/mol. The zero-order chi connectivity index (χ0) is 21.1. The number of hydrazone groups is 1. The summed E-state index contributed by atoms with van der Waals surface area (Å²) in [6, 6.07) is 21.8. The smallest absolute Gasteiger partial charge is 0.0609 e. The molecule has 0 unspecified atom stereocenters. The first-order chi connectivity index (χ1) is 14.5. The van der Waals surface area contributed by atoms with Gasteiger partial charge in [-0.2, -0.15) is 5.10 Å². The van der Waals surface area contributed by atoms with E-state index in [9.17, 15) is 0 Å². The van der Waals surface area contributed by atoms with Crippen LogP contribution < -0.4 is 5.43 Å². The van der Waals surface area contributed by atoms with Gasteiger partial charge in [0.25, 0.3) is 0 Å². The largest absolute Gasteiger partial charge is 0.340 e. The van der Waals surface area contributed by atoms with Crippen LogP contribution in [0.1, 0.15) is 22.4 Å². The summed E-state index contributed by atoms with van der Waals surface area (Å²) < 4.78 is 2.29. The number of rotatable bonds is 6. The van der Waals surface area contributed by atoms with Gasteiger partial charge in [-0.05, 0) is 42.8 Å². The first kappa shape index (κ1) is 20.8. The van der Waals surface area contributed by atoms with Crippen LogP contribution in [0.2, 0.25) is 15.1 Å². The molecular formula is C24H20Cl3N3. The molecule has 30 heavy (non-hydrogen) atoms. The molecule has 0 aliphatic heterocycles. The molecule has 0 saturated heterocycles. The van der Waals surface area contributed by atoms with E-state index in [0.717, 1.165) is 44.9 Å². The van der Waals surface area contributed by atoms with Crippen molar-refractivity contribution in [1.82, 2.24) is 9.99 Å². The standard InChI is InChI=1S/C24H20Cl3N3/c1-16-20(13-28-29-14-21-22(26)9-5-10-23(21)27)19-8-2-3-11-24(19)30(16)15-17-6-4-7-18(25)12-17/h2-13,29H,14-15H2,1H3/b28-13+.